The van der Waals surface area contributed by atoms with Gasteiger partial charge in [-0.25, -0.2) is 13.4 Å². The third kappa shape index (κ3) is 3.84. The van der Waals surface area contributed by atoms with Gasteiger partial charge in [-0.1, -0.05) is 18.7 Å². The van der Waals surface area contributed by atoms with Crippen molar-refractivity contribution in [3.8, 4) is 0 Å². The van der Waals surface area contributed by atoms with Gasteiger partial charge in [-0.15, -0.1) is 0 Å². The minimum absolute atomic E-state index is 0.0413. The van der Waals surface area contributed by atoms with Gasteiger partial charge in [0.1, 0.15) is 0 Å². The lowest BCUT2D eigenvalue weighted by atomic mass is 10.2. The SMILES string of the molecule is CCc1cnc(SCC(=O)c2cc(C)n(C3CCS(=O)(=O)C3)c2C)[nH]1. The molecule has 1 saturated heterocycles. The molecule has 0 radical (unpaired) electrons. The molecule has 0 aromatic carbocycles. The van der Waals surface area contributed by atoms with Crippen molar-refractivity contribution in [3.63, 3.8) is 0 Å². The van der Waals surface area contributed by atoms with Crippen LogP contribution in [0.25, 0.3) is 0 Å². The number of aromatic nitrogens is 3. The van der Waals surface area contributed by atoms with E-state index in [1.165, 1.54) is 11.8 Å². The normalized spacial score (nSPS) is 19.4. The van der Waals surface area contributed by atoms with Gasteiger partial charge < -0.3 is 9.55 Å². The Morgan fingerprint density at radius 2 is 2.20 bits per heavy atom. The van der Waals surface area contributed by atoms with Gasteiger partial charge in [0.25, 0.3) is 0 Å². The molecule has 1 unspecified atom stereocenters. The Balaban J connectivity index is 1.74. The molecule has 8 heteroatoms. The van der Waals surface area contributed by atoms with Crippen LogP contribution in [0.1, 0.15) is 46.8 Å². The number of H-pyrrole nitrogens is 1. The second-order valence-corrected chi connectivity index (χ2v) is 9.68. The standard InChI is InChI=1S/C17H23N3O3S2/c1-4-13-8-18-17(19-13)24-9-16(21)15-7-11(2)20(12(15)3)14-5-6-25(22,23)10-14/h7-8,14H,4-6,9-10H2,1-3H3,(H,18,19). The predicted molar refractivity (Wildman–Crippen MR) is 99.2 cm³/mol. The van der Waals surface area contributed by atoms with Crippen molar-refractivity contribution < 1.29 is 13.2 Å². The maximum absolute atomic E-state index is 12.6. The van der Waals surface area contributed by atoms with Gasteiger partial charge in [-0.3, -0.25) is 4.79 Å². The second-order valence-electron chi connectivity index (χ2n) is 6.49. The zero-order chi connectivity index (χ0) is 18.2. The minimum atomic E-state index is -2.96. The smallest absolute Gasteiger partial charge is 0.175 e. The highest BCUT2D eigenvalue weighted by atomic mass is 32.2. The van der Waals surface area contributed by atoms with Crippen molar-refractivity contribution in [3.05, 3.63) is 34.9 Å². The number of hydrogen-bond acceptors (Lipinski definition) is 5. The Kier molecular flexibility index (Phi) is 5.11. The molecule has 1 N–H and O–H groups in total. The van der Waals surface area contributed by atoms with E-state index in [1.807, 2.05) is 31.4 Å². The number of ketones is 1. The Morgan fingerprint density at radius 1 is 1.44 bits per heavy atom. The number of carbonyl (C=O) groups excluding carboxylic acids is 1. The minimum Gasteiger partial charge on any atom is -0.344 e. The first-order valence-electron chi connectivity index (χ1n) is 8.39. The van der Waals surface area contributed by atoms with Crippen LogP contribution in [0, 0.1) is 13.8 Å². The summed E-state index contributed by atoms with van der Waals surface area (Å²) in [4.78, 5) is 20.1. The summed E-state index contributed by atoms with van der Waals surface area (Å²) in [5.74, 6) is 0.744. The van der Waals surface area contributed by atoms with Crippen LogP contribution in [0.2, 0.25) is 0 Å². The number of hydrogen-bond donors (Lipinski definition) is 1. The fourth-order valence-corrected chi connectivity index (χ4v) is 5.86. The number of thioether (sulfide) groups is 1. The molecule has 0 amide bonds. The van der Waals surface area contributed by atoms with Crippen molar-refractivity contribution in [2.24, 2.45) is 0 Å². The number of nitrogens with zero attached hydrogens (tertiary/aromatic N) is 2. The summed E-state index contributed by atoms with van der Waals surface area (Å²) < 4.78 is 25.6. The molecule has 1 atom stereocenters. The van der Waals surface area contributed by atoms with Crippen molar-refractivity contribution in [1.82, 2.24) is 14.5 Å². The van der Waals surface area contributed by atoms with Gasteiger partial charge in [-0.05, 0) is 32.8 Å². The Morgan fingerprint density at radius 3 is 2.80 bits per heavy atom. The first-order chi connectivity index (χ1) is 11.8. The van der Waals surface area contributed by atoms with E-state index in [1.54, 1.807) is 6.20 Å². The summed E-state index contributed by atoms with van der Waals surface area (Å²) in [5.41, 5.74) is 3.53. The van der Waals surface area contributed by atoms with E-state index in [0.717, 1.165) is 28.7 Å². The van der Waals surface area contributed by atoms with Crippen LogP contribution in [0.3, 0.4) is 0 Å². The molecule has 136 valence electrons. The van der Waals surface area contributed by atoms with Crippen LogP contribution >= 0.6 is 11.8 Å². The molecule has 0 bridgehead atoms. The fraction of sp³-hybridized carbons (Fsp3) is 0.529. The van der Waals surface area contributed by atoms with E-state index < -0.39 is 9.84 Å². The van der Waals surface area contributed by atoms with Crippen LogP contribution in [0.5, 0.6) is 0 Å². The number of aryl methyl sites for hydroxylation is 2. The van der Waals surface area contributed by atoms with Crippen LogP contribution < -0.4 is 0 Å². The number of sulfone groups is 1. The third-order valence-corrected chi connectivity index (χ3v) is 7.32. The highest BCUT2D eigenvalue weighted by Gasteiger charge is 2.31. The molecule has 1 fully saturated rings. The molecule has 2 aromatic rings. The van der Waals surface area contributed by atoms with Gasteiger partial charge in [0.15, 0.2) is 20.8 Å². The van der Waals surface area contributed by atoms with Crippen molar-refractivity contribution in [1.29, 1.82) is 0 Å². The summed E-state index contributed by atoms with van der Waals surface area (Å²) in [7, 11) is -2.96. The first-order valence-corrected chi connectivity index (χ1v) is 11.2. The highest BCUT2D eigenvalue weighted by Crippen LogP contribution is 2.30. The quantitative estimate of drug-likeness (QED) is 0.614. The van der Waals surface area contributed by atoms with Crippen LogP contribution in [0.15, 0.2) is 17.4 Å². The topological polar surface area (TPSA) is 84.8 Å². The lowest BCUT2D eigenvalue weighted by molar-refractivity contribution is 0.102. The zero-order valence-electron chi connectivity index (χ0n) is 14.7. The van der Waals surface area contributed by atoms with E-state index in [0.29, 0.717) is 17.7 Å². The molecule has 3 heterocycles. The van der Waals surface area contributed by atoms with Crippen molar-refractivity contribution >= 4 is 27.4 Å². The van der Waals surface area contributed by atoms with Crippen LogP contribution in [-0.2, 0) is 16.3 Å². The molecule has 1 aliphatic rings. The van der Waals surface area contributed by atoms with E-state index >= 15 is 0 Å². The van der Waals surface area contributed by atoms with Crippen LogP contribution in [0.4, 0.5) is 0 Å². The molecular formula is C17H23N3O3S2. The van der Waals surface area contributed by atoms with E-state index in [2.05, 4.69) is 9.97 Å². The van der Waals surface area contributed by atoms with Crippen molar-refractivity contribution in [2.75, 3.05) is 17.3 Å². The molecule has 6 nitrogen and oxygen atoms in total. The molecule has 0 saturated carbocycles. The maximum atomic E-state index is 12.6. The summed E-state index contributed by atoms with van der Waals surface area (Å²) in [6.45, 7) is 5.88. The number of carbonyl (C=O) groups is 1. The van der Waals surface area contributed by atoms with E-state index in [9.17, 15) is 13.2 Å². The third-order valence-electron chi connectivity index (χ3n) is 4.68. The number of aromatic amines is 1. The largest absolute Gasteiger partial charge is 0.344 e. The van der Waals surface area contributed by atoms with Gasteiger partial charge >= 0.3 is 0 Å². The number of rotatable bonds is 6. The van der Waals surface area contributed by atoms with E-state index in [4.69, 9.17) is 0 Å². The van der Waals surface area contributed by atoms with Gasteiger partial charge in [0.05, 0.1) is 17.3 Å². The van der Waals surface area contributed by atoms with Crippen molar-refractivity contribution in [2.45, 2.75) is 44.8 Å². The average Bonchev–Trinajstić information content (AvgIpc) is 3.23. The molecule has 2 aromatic heterocycles. The maximum Gasteiger partial charge on any atom is 0.175 e. The Bertz CT molecular complexity index is 896. The predicted octanol–water partition coefficient (Wildman–Crippen LogP) is 2.73. The monoisotopic (exact) mass is 381 g/mol. The highest BCUT2D eigenvalue weighted by molar-refractivity contribution is 7.99. The first kappa shape index (κ1) is 18.3. The second kappa shape index (κ2) is 6.99. The van der Waals surface area contributed by atoms with Gasteiger partial charge in [-0.2, -0.15) is 0 Å². The molecule has 25 heavy (non-hydrogen) atoms. The number of Topliss-reactive ketones (excluding diaryl/α,β-unsaturated/α-hetero) is 1. The lowest BCUT2D eigenvalue weighted by Crippen LogP contribution is -2.14. The molecule has 0 aliphatic carbocycles. The molecule has 0 spiro atoms. The summed E-state index contributed by atoms with van der Waals surface area (Å²) in [6.07, 6.45) is 3.29. The molecule has 3 rings (SSSR count). The van der Waals surface area contributed by atoms with E-state index in [-0.39, 0.29) is 23.3 Å². The Labute approximate surface area is 152 Å². The molecule has 1 aliphatic heterocycles. The fourth-order valence-electron chi connectivity index (χ4n) is 3.40. The zero-order valence-corrected chi connectivity index (χ0v) is 16.3. The number of imidazole rings is 1. The molecular weight excluding hydrogens is 358 g/mol. The average molecular weight is 382 g/mol. The summed E-state index contributed by atoms with van der Waals surface area (Å²) >= 11 is 1.39. The van der Waals surface area contributed by atoms with Crippen LogP contribution in [-0.4, -0.2) is 46.0 Å². The van der Waals surface area contributed by atoms with Gasteiger partial charge in [0, 0.05) is 34.9 Å². The van der Waals surface area contributed by atoms with Gasteiger partial charge in [0.2, 0.25) is 0 Å². The number of nitrogens with one attached hydrogen (secondary N) is 1. The summed E-state index contributed by atoms with van der Waals surface area (Å²) in [6, 6.07) is 1.82. The lowest BCUT2D eigenvalue weighted by Gasteiger charge is -2.16. The Hall–Kier alpha value is -1.54. The summed E-state index contributed by atoms with van der Waals surface area (Å²) in [5, 5.41) is 0.751.